The standard InChI is InChI=1S/C22H21N5O2/c23-15-20-22(25-12-11-24-20)29-19-9-5-17(6-10-19)26-21(28)16-3-7-18(8-4-16)27-13-1-2-14-27/h1-4,7-8,11-14,17,19H,5-6,9-10H2,(H,26,28). The van der Waals surface area contributed by atoms with Gasteiger partial charge in [-0.05, 0) is 62.1 Å². The molecule has 7 heteroatoms. The highest BCUT2D eigenvalue weighted by atomic mass is 16.5. The number of rotatable bonds is 5. The molecule has 0 unspecified atom stereocenters. The third-order valence-electron chi connectivity index (χ3n) is 5.09. The Morgan fingerprint density at radius 3 is 2.45 bits per heavy atom. The molecule has 0 spiro atoms. The first-order valence-corrected chi connectivity index (χ1v) is 9.65. The highest BCUT2D eigenvalue weighted by Gasteiger charge is 2.25. The van der Waals surface area contributed by atoms with E-state index < -0.39 is 0 Å². The van der Waals surface area contributed by atoms with Gasteiger partial charge < -0.3 is 14.6 Å². The van der Waals surface area contributed by atoms with Crippen molar-refractivity contribution in [3.63, 3.8) is 0 Å². The van der Waals surface area contributed by atoms with E-state index in [1.54, 1.807) is 0 Å². The second kappa shape index (κ2) is 8.57. The van der Waals surface area contributed by atoms with Gasteiger partial charge in [-0.3, -0.25) is 4.79 Å². The van der Waals surface area contributed by atoms with Crippen molar-refractivity contribution in [2.24, 2.45) is 0 Å². The van der Waals surface area contributed by atoms with E-state index in [1.807, 2.05) is 59.4 Å². The molecule has 1 aromatic carbocycles. The van der Waals surface area contributed by atoms with Gasteiger partial charge >= 0.3 is 0 Å². The Labute approximate surface area is 169 Å². The highest BCUT2D eigenvalue weighted by molar-refractivity contribution is 5.94. The van der Waals surface area contributed by atoms with Crippen molar-refractivity contribution in [2.45, 2.75) is 37.8 Å². The minimum Gasteiger partial charge on any atom is -0.472 e. The van der Waals surface area contributed by atoms with Crippen LogP contribution in [0.4, 0.5) is 0 Å². The van der Waals surface area contributed by atoms with Crippen LogP contribution in [0.3, 0.4) is 0 Å². The number of carbonyl (C=O) groups excluding carboxylic acids is 1. The number of nitrogens with one attached hydrogen (secondary N) is 1. The molecule has 1 saturated carbocycles. The second-order valence-electron chi connectivity index (χ2n) is 7.02. The monoisotopic (exact) mass is 387 g/mol. The van der Waals surface area contributed by atoms with Crippen molar-refractivity contribution in [3.8, 4) is 17.6 Å². The predicted molar refractivity (Wildman–Crippen MR) is 107 cm³/mol. The lowest BCUT2D eigenvalue weighted by atomic mass is 9.92. The summed E-state index contributed by atoms with van der Waals surface area (Å²) in [5, 5.41) is 12.2. The summed E-state index contributed by atoms with van der Waals surface area (Å²) in [5.74, 6) is 0.222. The lowest BCUT2D eigenvalue weighted by Crippen LogP contribution is -2.39. The van der Waals surface area contributed by atoms with Crippen LogP contribution in [0.2, 0.25) is 0 Å². The zero-order valence-corrected chi connectivity index (χ0v) is 15.9. The summed E-state index contributed by atoms with van der Waals surface area (Å²) in [6.07, 6.45) is 10.1. The number of amides is 1. The molecule has 1 N–H and O–H groups in total. The molecule has 0 saturated heterocycles. The van der Waals surface area contributed by atoms with Crippen molar-refractivity contribution >= 4 is 5.91 Å². The van der Waals surface area contributed by atoms with E-state index in [0.717, 1.165) is 31.4 Å². The fraction of sp³-hybridized carbons (Fsp3) is 0.273. The molecule has 146 valence electrons. The van der Waals surface area contributed by atoms with Gasteiger partial charge in [-0.15, -0.1) is 0 Å². The van der Waals surface area contributed by atoms with Crippen LogP contribution >= 0.6 is 0 Å². The van der Waals surface area contributed by atoms with Gasteiger partial charge in [0.2, 0.25) is 5.69 Å². The lowest BCUT2D eigenvalue weighted by molar-refractivity contribution is 0.0889. The van der Waals surface area contributed by atoms with Gasteiger partial charge in [0, 0.05) is 42.1 Å². The van der Waals surface area contributed by atoms with Crippen LogP contribution in [0.25, 0.3) is 5.69 Å². The van der Waals surface area contributed by atoms with Crippen molar-refractivity contribution < 1.29 is 9.53 Å². The van der Waals surface area contributed by atoms with E-state index in [1.165, 1.54) is 12.4 Å². The summed E-state index contributed by atoms with van der Waals surface area (Å²) in [4.78, 5) is 20.6. The van der Waals surface area contributed by atoms with Crippen molar-refractivity contribution in [2.75, 3.05) is 0 Å². The molecule has 2 aromatic heterocycles. The van der Waals surface area contributed by atoms with E-state index in [2.05, 4.69) is 15.3 Å². The first kappa shape index (κ1) is 18.7. The molecule has 0 bridgehead atoms. The van der Waals surface area contributed by atoms with Gasteiger partial charge in [0.25, 0.3) is 11.8 Å². The summed E-state index contributed by atoms with van der Waals surface area (Å²) in [6, 6.07) is 13.6. The third-order valence-corrected chi connectivity index (χ3v) is 5.09. The highest BCUT2D eigenvalue weighted by Crippen LogP contribution is 2.24. The molecule has 1 aliphatic carbocycles. The summed E-state index contributed by atoms with van der Waals surface area (Å²) in [6.45, 7) is 0. The average Bonchev–Trinajstić information content (AvgIpc) is 3.30. The van der Waals surface area contributed by atoms with Gasteiger partial charge in [0.15, 0.2) is 0 Å². The number of carbonyl (C=O) groups is 1. The molecular formula is C22H21N5O2. The second-order valence-corrected chi connectivity index (χ2v) is 7.02. The van der Waals surface area contributed by atoms with Crippen LogP contribution in [0.15, 0.2) is 61.2 Å². The molecular weight excluding hydrogens is 366 g/mol. The van der Waals surface area contributed by atoms with Crippen molar-refractivity contribution in [3.05, 3.63) is 72.4 Å². The minimum atomic E-state index is -0.0610. The van der Waals surface area contributed by atoms with E-state index in [0.29, 0.717) is 5.56 Å². The number of hydrogen-bond donors (Lipinski definition) is 1. The molecule has 4 rings (SSSR count). The van der Waals surface area contributed by atoms with Crippen LogP contribution in [0.1, 0.15) is 41.7 Å². The summed E-state index contributed by atoms with van der Waals surface area (Å²) in [7, 11) is 0. The number of benzene rings is 1. The molecule has 29 heavy (non-hydrogen) atoms. The SMILES string of the molecule is N#Cc1nccnc1OC1CCC(NC(=O)c2ccc(-n3cccc3)cc2)CC1. The molecule has 0 radical (unpaired) electrons. The number of aromatic nitrogens is 3. The maximum Gasteiger partial charge on any atom is 0.251 e. The molecule has 1 amide bonds. The van der Waals surface area contributed by atoms with E-state index in [-0.39, 0.29) is 29.6 Å². The zero-order chi connectivity index (χ0) is 20.1. The van der Waals surface area contributed by atoms with Gasteiger partial charge in [-0.1, -0.05) is 0 Å². The van der Waals surface area contributed by atoms with Gasteiger partial charge in [-0.2, -0.15) is 5.26 Å². The van der Waals surface area contributed by atoms with E-state index in [9.17, 15) is 4.79 Å². The number of ether oxygens (including phenoxy) is 1. The van der Waals surface area contributed by atoms with Gasteiger partial charge in [0.1, 0.15) is 12.2 Å². The summed E-state index contributed by atoms with van der Waals surface area (Å²) < 4.78 is 7.85. The molecule has 0 aliphatic heterocycles. The fourth-order valence-electron chi connectivity index (χ4n) is 3.53. The fourth-order valence-corrected chi connectivity index (χ4v) is 3.53. The minimum absolute atomic E-state index is 0.0205. The molecule has 0 atom stereocenters. The Hall–Kier alpha value is -3.66. The summed E-state index contributed by atoms with van der Waals surface area (Å²) in [5.41, 5.74) is 1.87. The molecule has 2 heterocycles. The Bertz CT molecular complexity index is 1000. The van der Waals surface area contributed by atoms with Crippen LogP contribution in [0, 0.1) is 11.3 Å². The zero-order valence-electron chi connectivity index (χ0n) is 15.9. The Balaban J connectivity index is 1.29. The molecule has 1 aliphatic rings. The first-order valence-electron chi connectivity index (χ1n) is 9.65. The predicted octanol–water partition coefficient (Wildman–Crippen LogP) is 3.26. The molecule has 7 nitrogen and oxygen atoms in total. The summed E-state index contributed by atoms with van der Waals surface area (Å²) >= 11 is 0. The Kier molecular flexibility index (Phi) is 5.52. The number of nitrogens with zero attached hydrogens (tertiary/aromatic N) is 4. The van der Waals surface area contributed by atoms with Crippen molar-refractivity contribution in [1.29, 1.82) is 5.26 Å². The van der Waals surface area contributed by atoms with Crippen LogP contribution in [-0.4, -0.2) is 32.6 Å². The largest absolute Gasteiger partial charge is 0.472 e. The number of hydrogen-bond acceptors (Lipinski definition) is 5. The average molecular weight is 387 g/mol. The van der Waals surface area contributed by atoms with Gasteiger partial charge in [-0.25, -0.2) is 9.97 Å². The smallest absolute Gasteiger partial charge is 0.251 e. The number of nitriles is 1. The maximum absolute atomic E-state index is 12.6. The van der Waals surface area contributed by atoms with Crippen LogP contribution in [-0.2, 0) is 0 Å². The normalized spacial score (nSPS) is 18.6. The Morgan fingerprint density at radius 2 is 1.76 bits per heavy atom. The molecule has 3 aromatic rings. The Morgan fingerprint density at radius 1 is 1.07 bits per heavy atom. The maximum atomic E-state index is 12.6. The quantitative estimate of drug-likeness (QED) is 0.725. The van der Waals surface area contributed by atoms with Gasteiger partial charge in [0.05, 0.1) is 0 Å². The first-order chi connectivity index (χ1) is 14.2. The van der Waals surface area contributed by atoms with Crippen LogP contribution < -0.4 is 10.1 Å². The van der Waals surface area contributed by atoms with Crippen molar-refractivity contribution in [1.82, 2.24) is 19.9 Å². The third kappa shape index (κ3) is 4.43. The van der Waals surface area contributed by atoms with E-state index in [4.69, 9.17) is 10.00 Å². The van der Waals surface area contributed by atoms with E-state index >= 15 is 0 Å². The topological polar surface area (TPSA) is 92.8 Å². The van der Waals surface area contributed by atoms with Crippen LogP contribution in [0.5, 0.6) is 5.88 Å². The lowest BCUT2D eigenvalue weighted by Gasteiger charge is -2.29. The molecule has 1 fully saturated rings.